The standard InChI is InChI=1S/C44H71N7O7S/c1-9-30-25-44(30,39(56)48-59(57,58)49-22-13-14-23-49)47-36(53)32-26-43(41(7,8)42(43)20-16-21-42)27-51(32)38(55)34(40(4,5)6)46-37(54)33(29-17-11-10-12-18-29)45-35(52)31-19-15-24-50(31)28(2)3/h9,28-34H,1,10-27H2,2-8H3,(H,45,52)(H,46,54)(H,47,53)(H,48,56)/t30-,31+,32+,33?,34-,43-,44-/m1/s1/i2D2,28D/t28?,30-,31+,32+,33?,34-,43-,44-. The molecule has 59 heavy (non-hydrogen) atoms. The number of hydrogen-bond acceptors (Lipinski definition) is 8. The average molecular weight is 845 g/mol. The van der Waals surface area contributed by atoms with Gasteiger partial charge < -0.3 is 20.9 Å². The second kappa shape index (κ2) is 15.7. The Balaban J connectivity index is 1.15. The molecule has 0 aromatic carbocycles. The average Bonchev–Trinajstić information content (AvgIpc) is 3.61. The summed E-state index contributed by atoms with van der Waals surface area (Å²) in [5.41, 5.74) is -3.03. The highest BCUT2D eigenvalue weighted by atomic mass is 32.2. The van der Waals surface area contributed by atoms with Gasteiger partial charge in [0.1, 0.15) is 23.7 Å². The molecule has 5 amide bonds. The maximum absolute atomic E-state index is 15.3. The molecule has 7 aliphatic rings. The number of hydrogen-bond donors (Lipinski definition) is 4. The maximum Gasteiger partial charge on any atom is 0.303 e. The zero-order valence-electron chi connectivity index (χ0n) is 39.2. The van der Waals surface area contributed by atoms with Crippen molar-refractivity contribution in [2.45, 2.75) is 174 Å². The molecule has 15 heteroatoms. The van der Waals surface area contributed by atoms with Crippen molar-refractivity contribution < 1.29 is 36.5 Å². The minimum atomic E-state index is -4.14. The monoisotopic (exact) mass is 845 g/mol. The van der Waals surface area contributed by atoms with E-state index >= 15 is 4.79 Å². The summed E-state index contributed by atoms with van der Waals surface area (Å²) in [7, 11) is -4.14. The van der Waals surface area contributed by atoms with E-state index in [0.717, 1.165) is 38.5 Å². The van der Waals surface area contributed by atoms with E-state index in [9.17, 15) is 27.6 Å². The molecule has 4 aliphatic carbocycles. The maximum atomic E-state index is 15.3. The Morgan fingerprint density at radius 3 is 2.10 bits per heavy atom. The summed E-state index contributed by atoms with van der Waals surface area (Å²) in [6.07, 6.45) is 11.6. The van der Waals surface area contributed by atoms with Gasteiger partial charge in [0.05, 0.1) is 6.04 Å². The first kappa shape index (κ1) is 40.1. The van der Waals surface area contributed by atoms with Crippen molar-refractivity contribution in [3.8, 4) is 0 Å². The van der Waals surface area contributed by atoms with Crippen LogP contribution in [0.2, 0.25) is 0 Å². The lowest BCUT2D eigenvalue weighted by atomic mass is 9.73. The predicted molar refractivity (Wildman–Crippen MR) is 224 cm³/mol. The van der Waals surface area contributed by atoms with E-state index in [-0.39, 0.29) is 35.1 Å². The van der Waals surface area contributed by atoms with Gasteiger partial charge in [-0.15, -0.1) is 6.58 Å². The molecular formula is C44H71N7O7S. The van der Waals surface area contributed by atoms with Gasteiger partial charge in [-0.1, -0.05) is 66.4 Å². The van der Waals surface area contributed by atoms with Crippen LogP contribution in [0.25, 0.3) is 0 Å². The molecule has 0 bridgehead atoms. The Morgan fingerprint density at radius 1 is 0.864 bits per heavy atom. The van der Waals surface area contributed by atoms with Gasteiger partial charge in [0.15, 0.2) is 0 Å². The first-order chi connectivity index (χ1) is 28.9. The molecule has 7 rings (SSSR count). The number of nitrogens with one attached hydrogen (secondary N) is 4. The summed E-state index contributed by atoms with van der Waals surface area (Å²) in [4.78, 5) is 76.0. The van der Waals surface area contributed by atoms with Gasteiger partial charge >= 0.3 is 10.2 Å². The van der Waals surface area contributed by atoms with Crippen molar-refractivity contribution in [3.63, 3.8) is 0 Å². The normalized spacial score (nSPS) is 34.5. The molecule has 3 aliphatic heterocycles. The topological polar surface area (TPSA) is 177 Å². The lowest BCUT2D eigenvalue weighted by molar-refractivity contribution is -0.145. The van der Waals surface area contributed by atoms with Crippen LogP contribution in [0.3, 0.4) is 0 Å². The highest BCUT2D eigenvalue weighted by molar-refractivity contribution is 7.87. The quantitative estimate of drug-likeness (QED) is 0.203. The Kier molecular flexibility index (Phi) is 10.7. The molecule has 330 valence electrons. The number of fused-ring (bicyclic) bond motifs is 1. The lowest BCUT2D eigenvalue weighted by Crippen LogP contribution is -2.63. The van der Waals surface area contributed by atoms with Gasteiger partial charge in [0.25, 0.3) is 5.91 Å². The Morgan fingerprint density at radius 2 is 1.54 bits per heavy atom. The van der Waals surface area contributed by atoms with Crippen LogP contribution >= 0.6 is 0 Å². The van der Waals surface area contributed by atoms with Gasteiger partial charge in [0, 0.05) is 41.1 Å². The van der Waals surface area contributed by atoms with Crippen molar-refractivity contribution in [2.75, 3.05) is 26.2 Å². The molecule has 7 fully saturated rings. The van der Waals surface area contributed by atoms with Crippen LogP contribution in [-0.2, 0) is 34.2 Å². The largest absolute Gasteiger partial charge is 0.343 e. The van der Waals surface area contributed by atoms with E-state index in [2.05, 4.69) is 41.1 Å². The Hall–Kier alpha value is -3.04. The number of amides is 5. The van der Waals surface area contributed by atoms with Gasteiger partial charge in [-0.2, -0.15) is 12.7 Å². The van der Waals surface area contributed by atoms with Crippen LogP contribution in [0.5, 0.6) is 0 Å². The summed E-state index contributed by atoms with van der Waals surface area (Å²) < 4.78 is 54.6. The smallest absolute Gasteiger partial charge is 0.303 e. The van der Waals surface area contributed by atoms with Crippen LogP contribution in [0, 0.1) is 33.5 Å². The highest BCUT2D eigenvalue weighted by Crippen LogP contribution is 2.88. The fraction of sp³-hybridized carbons (Fsp3) is 0.841. The predicted octanol–water partition coefficient (Wildman–Crippen LogP) is 3.77. The third-order valence-electron chi connectivity index (χ3n) is 16.2. The molecule has 4 saturated carbocycles. The van der Waals surface area contributed by atoms with Crippen molar-refractivity contribution >= 4 is 39.7 Å². The number of likely N-dealkylation sites (tertiary alicyclic amines) is 2. The van der Waals surface area contributed by atoms with Crippen molar-refractivity contribution in [2.24, 2.45) is 33.5 Å². The first-order valence-corrected chi connectivity index (χ1v) is 23.6. The summed E-state index contributed by atoms with van der Waals surface area (Å²) in [5, 5.41) is 9.04. The van der Waals surface area contributed by atoms with E-state index in [4.69, 9.17) is 4.11 Å². The van der Waals surface area contributed by atoms with E-state index in [1.165, 1.54) is 11.2 Å². The molecule has 2 unspecified atom stereocenters. The van der Waals surface area contributed by atoms with Crippen LogP contribution in [0.1, 0.15) is 142 Å². The first-order valence-electron chi connectivity index (χ1n) is 23.9. The number of carbonyl (C=O) groups is 5. The number of carbonyl (C=O) groups excluding carboxylic acids is 5. The molecule has 8 atom stereocenters. The van der Waals surface area contributed by atoms with Gasteiger partial charge in [-0.25, -0.2) is 4.72 Å². The second-order valence-corrected chi connectivity index (χ2v) is 22.2. The van der Waals surface area contributed by atoms with E-state index in [1.54, 1.807) is 15.9 Å². The minimum absolute atomic E-state index is 0.0598. The summed E-state index contributed by atoms with van der Waals surface area (Å²) in [5.74, 6) is -3.49. The Labute approximate surface area is 356 Å². The zero-order chi connectivity index (χ0) is 45.4. The van der Waals surface area contributed by atoms with Crippen LogP contribution in [0.15, 0.2) is 12.7 Å². The molecule has 0 aromatic heterocycles. The fourth-order valence-corrected chi connectivity index (χ4v) is 13.5. The lowest BCUT2D eigenvalue weighted by Gasteiger charge is -2.38. The third kappa shape index (κ3) is 7.44. The summed E-state index contributed by atoms with van der Waals surface area (Å²) >= 11 is 0. The Bertz CT molecular complexity index is 1930. The van der Waals surface area contributed by atoms with E-state index < -0.39 is 93.7 Å². The van der Waals surface area contributed by atoms with Crippen LogP contribution in [0.4, 0.5) is 0 Å². The third-order valence-corrected chi connectivity index (χ3v) is 17.7. The molecule has 14 nitrogen and oxygen atoms in total. The second-order valence-electron chi connectivity index (χ2n) is 20.6. The molecule has 3 heterocycles. The molecule has 2 spiro atoms. The van der Waals surface area contributed by atoms with Crippen molar-refractivity contribution in [1.82, 2.24) is 34.8 Å². The van der Waals surface area contributed by atoms with Crippen LogP contribution in [-0.4, -0.2) is 114 Å². The number of nitrogens with zero attached hydrogens (tertiary/aromatic N) is 3. The van der Waals surface area contributed by atoms with Crippen LogP contribution < -0.4 is 20.7 Å². The zero-order valence-corrected chi connectivity index (χ0v) is 37.0. The molecule has 0 radical (unpaired) electrons. The van der Waals surface area contributed by atoms with E-state index in [1.807, 2.05) is 20.8 Å². The van der Waals surface area contributed by atoms with Crippen molar-refractivity contribution in [3.05, 3.63) is 12.7 Å². The van der Waals surface area contributed by atoms with Gasteiger partial charge in [-0.05, 0) is 107 Å². The minimum Gasteiger partial charge on any atom is -0.343 e. The van der Waals surface area contributed by atoms with E-state index in [0.29, 0.717) is 64.6 Å². The van der Waals surface area contributed by atoms with Gasteiger partial charge in [0.2, 0.25) is 23.6 Å². The van der Waals surface area contributed by atoms with Crippen molar-refractivity contribution in [1.29, 1.82) is 0 Å². The highest BCUT2D eigenvalue weighted by Gasteiger charge is 2.85. The molecule has 3 saturated heterocycles. The molecular weight excluding hydrogens is 771 g/mol. The molecule has 4 N–H and O–H groups in total. The number of rotatable bonds is 13. The van der Waals surface area contributed by atoms with Gasteiger partial charge in [-0.3, -0.25) is 28.9 Å². The molecule has 0 aromatic rings. The summed E-state index contributed by atoms with van der Waals surface area (Å²) in [6, 6.07) is -5.51. The fourth-order valence-electron chi connectivity index (χ4n) is 12.2. The summed E-state index contributed by atoms with van der Waals surface area (Å²) in [6.45, 7) is 15.0. The SMILES string of the molecule is [2H]C([2H])C([2H])(C)N1CCC[C@H]1C(=O)NC(C(=O)N[C@H](C(=O)N1C[C@]2(C[C@H]1C(=O)N[C@]1(C(=O)NS(=O)(=O)N3CCCC3)C[C@H]1C=C)C(C)(C)C21CCC1)C(C)(C)C)C1CCCCC1.